The average Bonchev–Trinajstić information content (AvgIpc) is 2.27. The second kappa shape index (κ2) is 6.25. The van der Waals surface area contributed by atoms with Gasteiger partial charge in [0, 0.05) is 12.2 Å². The largest absolute Gasteiger partial charge is 0.325 e. The first-order valence-corrected chi connectivity index (χ1v) is 5.89. The first-order valence-electron chi connectivity index (χ1n) is 5.89. The number of guanidine groups is 1. The number of aliphatic imine (C=N–C) groups is 1. The van der Waals surface area contributed by atoms with E-state index in [1.807, 2.05) is 6.07 Å². The Hall–Kier alpha value is -1.55. The van der Waals surface area contributed by atoms with Gasteiger partial charge in [0.15, 0.2) is 0 Å². The fraction of sp³-hybridized carbons (Fsp3) is 0.462. The molecule has 0 bridgehead atoms. The van der Waals surface area contributed by atoms with Crippen LogP contribution in [0.25, 0.3) is 0 Å². The molecular weight excluding hydrogens is 212 g/mol. The van der Waals surface area contributed by atoms with Gasteiger partial charge in [-0.25, -0.2) is 5.84 Å². The minimum absolute atomic E-state index is 0.512. The van der Waals surface area contributed by atoms with Crippen molar-refractivity contribution in [3.05, 3.63) is 29.3 Å². The molecule has 17 heavy (non-hydrogen) atoms. The number of nitrogens with two attached hydrogens (primary N) is 1. The van der Waals surface area contributed by atoms with Crippen molar-refractivity contribution in [3.8, 4) is 0 Å². The fourth-order valence-corrected chi connectivity index (χ4v) is 1.53. The van der Waals surface area contributed by atoms with Gasteiger partial charge in [-0.15, -0.1) is 0 Å². The van der Waals surface area contributed by atoms with Crippen LogP contribution < -0.4 is 16.6 Å². The molecule has 4 nitrogen and oxygen atoms in total. The molecule has 94 valence electrons. The van der Waals surface area contributed by atoms with Gasteiger partial charge in [-0.2, -0.15) is 0 Å². The number of hydrogen-bond acceptors (Lipinski definition) is 2. The van der Waals surface area contributed by atoms with E-state index in [1.165, 1.54) is 11.1 Å². The highest BCUT2D eigenvalue weighted by molar-refractivity contribution is 5.94. The maximum Gasteiger partial charge on any atom is 0.210 e. The SMILES string of the molecule is Cc1cccc(C)c1NC(=NCC(C)C)NN. The zero-order chi connectivity index (χ0) is 12.8. The van der Waals surface area contributed by atoms with E-state index in [0.717, 1.165) is 12.2 Å². The van der Waals surface area contributed by atoms with Gasteiger partial charge >= 0.3 is 0 Å². The second-order valence-electron chi connectivity index (χ2n) is 4.62. The number of nitrogens with one attached hydrogen (secondary N) is 2. The molecule has 0 unspecified atom stereocenters. The highest BCUT2D eigenvalue weighted by atomic mass is 15.3. The van der Waals surface area contributed by atoms with Crippen LogP contribution in [0.2, 0.25) is 0 Å². The molecule has 0 saturated heterocycles. The van der Waals surface area contributed by atoms with E-state index in [4.69, 9.17) is 5.84 Å². The summed E-state index contributed by atoms with van der Waals surface area (Å²) in [5.74, 6) is 6.58. The van der Waals surface area contributed by atoms with Gasteiger partial charge in [0.05, 0.1) is 0 Å². The van der Waals surface area contributed by atoms with Crippen LogP contribution in [0, 0.1) is 19.8 Å². The highest BCUT2D eigenvalue weighted by Crippen LogP contribution is 2.18. The predicted octanol–water partition coefficient (Wildman–Crippen LogP) is 2.19. The quantitative estimate of drug-likeness (QED) is 0.325. The minimum Gasteiger partial charge on any atom is -0.325 e. The lowest BCUT2D eigenvalue weighted by Crippen LogP contribution is -2.37. The van der Waals surface area contributed by atoms with Crippen molar-refractivity contribution in [2.24, 2.45) is 16.8 Å². The molecule has 0 aliphatic heterocycles. The highest BCUT2D eigenvalue weighted by Gasteiger charge is 2.04. The summed E-state index contributed by atoms with van der Waals surface area (Å²) in [4.78, 5) is 4.39. The molecule has 0 heterocycles. The number of hydrazine groups is 1. The molecule has 1 aromatic carbocycles. The molecule has 4 heteroatoms. The van der Waals surface area contributed by atoms with Crippen LogP contribution in [0.1, 0.15) is 25.0 Å². The molecule has 0 spiro atoms. The molecular formula is C13H22N4. The van der Waals surface area contributed by atoms with Gasteiger partial charge < -0.3 is 5.32 Å². The van der Waals surface area contributed by atoms with Gasteiger partial charge in [0.25, 0.3) is 0 Å². The molecule has 0 aliphatic carbocycles. The Morgan fingerprint density at radius 3 is 2.35 bits per heavy atom. The van der Waals surface area contributed by atoms with Crippen LogP contribution in [0.3, 0.4) is 0 Å². The number of nitrogens with zero attached hydrogens (tertiary/aromatic N) is 1. The second-order valence-corrected chi connectivity index (χ2v) is 4.62. The van der Waals surface area contributed by atoms with Crippen LogP contribution in [0.15, 0.2) is 23.2 Å². The molecule has 0 amide bonds. The van der Waals surface area contributed by atoms with E-state index in [9.17, 15) is 0 Å². The Bertz CT molecular complexity index is 376. The summed E-state index contributed by atoms with van der Waals surface area (Å²) in [6.07, 6.45) is 0. The van der Waals surface area contributed by atoms with Crippen molar-refractivity contribution in [1.29, 1.82) is 0 Å². The average molecular weight is 234 g/mol. The lowest BCUT2D eigenvalue weighted by atomic mass is 10.1. The number of benzene rings is 1. The molecule has 0 aromatic heterocycles. The monoisotopic (exact) mass is 234 g/mol. The summed E-state index contributed by atoms with van der Waals surface area (Å²) >= 11 is 0. The Morgan fingerprint density at radius 2 is 1.88 bits per heavy atom. The number of rotatable bonds is 3. The van der Waals surface area contributed by atoms with Crippen molar-refractivity contribution in [3.63, 3.8) is 0 Å². The standard InChI is InChI=1S/C13H22N4/c1-9(2)8-15-13(17-14)16-12-10(3)6-5-7-11(12)4/h5-7,9H,8,14H2,1-4H3,(H2,15,16,17). The summed E-state index contributed by atoms with van der Waals surface area (Å²) in [7, 11) is 0. The van der Waals surface area contributed by atoms with Crippen LogP contribution in [0.5, 0.6) is 0 Å². The van der Waals surface area contributed by atoms with Gasteiger partial charge in [-0.3, -0.25) is 10.4 Å². The smallest absolute Gasteiger partial charge is 0.210 e. The van der Waals surface area contributed by atoms with E-state index in [-0.39, 0.29) is 0 Å². The Balaban J connectivity index is 2.84. The minimum atomic E-state index is 0.512. The normalized spacial score (nSPS) is 11.8. The topological polar surface area (TPSA) is 62.4 Å². The van der Waals surface area contributed by atoms with E-state index in [2.05, 4.69) is 55.6 Å². The number of anilines is 1. The third-order valence-corrected chi connectivity index (χ3v) is 2.48. The maximum atomic E-state index is 5.46. The lowest BCUT2D eigenvalue weighted by Gasteiger charge is -2.14. The van der Waals surface area contributed by atoms with Crippen molar-refractivity contribution in [1.82, 2.24) is 5.43 Å². The lowest BCUT2D eigenvalue weighted by molar-refractivity contribution is 0.663. The first-order chi connectivity index (χ1) is 8.04. The Labute approximate surface area is 103 Å². The molecule has 1 aromatic rings. The summed E-state index contributed by atoms with van der Waals surface area (Å²) in [6, 6.07) is 6.16. The van der Waals surface area contributed by atoms with E-state index in [1.54, 1.807) is 0 Å². The summed E-state index contributed by atoms with van der Waals surface area (Å²) in [6.45, 7) is 9.11. The number of aryl methyl sites for hydroxylation is 2. The van der Waals surface area contributed by atoms with Crippen LogP contribution in [-0.4, -0.2) is 12.5 Å². The van der Waals surface area contributed by atoms with Crippen LogP contribution in [0.4, 0.5) is 5.69 Å². The summed E-state index contributed by atoms with van der Waals surface area (Å²) in [5.41, 5.74) is 6.02. The molecule has 0 fully saturated rings. The molecule has 0 aliphatic rings. The summed E-state index contributed by atoms with van der Waals surface area (Å²) < 4.78 is 0. The zero-order valence-electron chi connectivity index (χ0n) is 11.0. The number of hydrogen-bond donors (Lipinski definition) is 3. The Morgan fingerprint density at radius 1 is 1.29 bits per heavy atom. The molecule has 1 rings (SSSR count). The number of para-hydroxylation sites is 1. The third kappa shape index (κ3) is 4.07. The summed E-state index contributed by atoms with van der Waals surface area (Å²) in [5, 5.41) is 3.23. The van der Waals surface area contributed by atoms with E-state index in [0.29, 0.717) is 11.9 Å². The van der Waals surface area contributed by atoms with Crippen molar-refractivity contribution in [2.75, 3.05) is 11.9 Å². The van der Waals surface area contributed by atoms with Crippen molar-refractivity contribution >= 4 is 11.6 Å². The van der Waals surface area contributed by atoms with Gasteiger partial charge in [-0.1, -0.05) is 32.0 Å². The molecule has 0 atom stereocenters. The van der Waals surface area contributed by atoms with E-state index >= 15 is 0 Å². The van der Waals surface area contributed by atoms with Crippen molar-refractivity contribution < 1.29 is 0 Å². The maximum absolute atomic E-state index is 5.46. The van der Waals surface area contributed by atoms with Crippen molar-refractivity contribution in [2.45, 2.75) is 27.7 Å². The zero-order valence-corrected chi connectivity index (χ0v) is 11.0. The molecule has 4 N–H and O–H groups in total. The van der Waals surface area contributed by atoms with Gasteiger partial charge in [0.2, 0.25) is 5.96 Å². The van der Waals surface area contributed by atoms with Gasteiger partial charge in [-0.05, 0) is 30.9 Å². The molecule has 0 saturated carbocycles. The first kappa shape index (κ1) is 13.5. The van der Waals surface area contributed by atoms with E-state index < -0.39 is 0 Å². The predicted molar refractivity (Wildman–Crippen MR) is 74.0 cm³/mol. The third-order valence-electron chi connectivity index (χ3n) is 2.48. The van der Waals surface area contributed by atoms with Crippen LogP contribution in [-0.2, 0) is 0 Å². The van der Waals surface area contributed by atoms with Gasteiger partial charge in [0.1, 0.15) is 0 Å². The van der Waals surface area contributed by atoms with Crippen LogP contribution >= 0.6 is 0 Å². The fourth-order valence-electron chi connectivity index (χ4n) is 1.53. The Kier molecular flexibility index (Phi) is 4.97. The molecule has 0 radical (unpaired) electrons.